The van der Waals surface area contributed by atoms with Crippen LogP contribution in [0.25, 0.3) is 0 Å². The molecule has 3 heteroatoms. The first-order chi connectivity index (χ1) is 6.43. The van der Waals surface area contributed by atoms with Gasteiger partial charge in [-0.1, -0.05) is 12.1 Å². The van der Waals surface area contributed by atoms with Crippen molar-refractivity contribution in [2.75, 3.05) is 10.6 Å². The van der Waals surface area contributed by atoms with Crippen molar-refractivity contribution in [2.45, 2.75) is 18.6 Å². The summed E-state index contributed by atoms with van der Waals surface area (Å²) in [4.78, 5) is 4.36. The maximum atomic E-state index is 4.36. The lowest BCUT2D eigenvalue weighted by Gasteiger charge is -2.29. The highest BCUT2D eigenvalue weighted by Crippen LogP contribution is 2.30. The van der Waals surface area contributed by atoms with E-state index in [9.17, 15) is 0 Å². The molecule has 0 spiro atoms. The fraction of sp³-hybridized carbons (Fsp3) is 0.300. The SMILES string of the molecule is C1=NC2Nc3ccccc3NC2C1. The molecule has 0 aromatic heterocycles. The average Bonchev–Trinajstić information content (AvgIpc) is 2.61. The molecule has 0 fully saturated rings. The molecule has 13 heavy (non-hydrogen) atoms. The lowest BCUT2D eigenvalue weighted by atomic mass is 10.1. The monoisotopic (exact) mass is 173 g/mol. The second-order valence-corrected chi connectivity index (χ2v) is 3.45. The van der Waals surface area contributed by atoms with Crippen molar-refractivity contribution >= 4 is 17.6 Å². The van der Waals surface area contributed by atoms with Gasteiger partial charge in [-0.2, -0.15) is 0 Å². The number of nitrogens with one attached hydrogen (secondary N) is 2. The minimum atomic E-state index is 0.231. The summed E-state index contributed by atoms with van der Waals surface area (Å²) < 4.78 is 0. The summed E-state index contributed by atoms with van der Waals surface area (Å²) in [5.74, 6) is 0. The Hall–Kier alpha value is -1.51. The number of benzene rings is 1. The maximum Gasteiger partial charge on any atom is 0.139 e. The summed E-state index contributed by atoms with van der Waals surface area (Å²) in [5, 5.41) is 6.87. The molecule has 0 saturated carbocycles. The standard InChI is InChI=1S/C10H11N3/c1-2-4-8-7(3-1)12-9-5-6-11-10(9)13-8/h1-4,6,9-10,12-13H,5H2. The number of para-hydroxylation sites is 2. The predicted octanol–water partition coefficient (Wildman–Crippen LogP) is 1.69. The van der Waals surface area contributed by atoms with Gasteiger partial charge in [0.05, 0.1) is 17.4 Å². The fourth-order valence-electron chi connectivity index (χ4n) is 1.89. The Morgan fingerprint density at radius 1 is 1.15 bits per heavy atom. The zero-order valence-electron chi connectivity index (χ0n) is 7.20. The van der Waals surface area contributed by atoms with Gasteiger partial charge in [0.1, 0.15) is 6.17 Å². The molecule has 2 unspecified atom stereocenters. The zero-order chi connectivity index (χ0) is 8.67. The van der Waals surface area contributed by atoms with Crippen molar-refractivity contribution in [3.05, 3.63) is 24.3 Å². The molecule has 0 aliphatic carbocycles. The van der Waals surface area contributed by atoms with Crippen molar-refractivity contribution in [1.82, 2.24) is 0 Å². The first-order valence-corrected chi connectivity index (χ1v) is 4.57. The smallest absolute Gasteiger partial charge is 0.139 e. The molecule has 3 rings (SSSR count). The molecular weight excluding hydrogens is 162 g/mol. The van der Waals surface area contributed by atoms with E-state index in [1.807, 2.05) is 18.3 Å². The largest absolute Gasteiger partial charge is 0.376 e. The van der Waals surface area contributed by atoms with Crippen LogP contribution >= 0.6 is 0 Å². The topological polar surface area (TPSA) is 36.4 Å². The molecular formula is C10H11N3. The molecule has 2 heterocycles. The summed E-state index contributed by atoms with van der Waals surface area (Å²) >= 11 is 0. The van der Waals surface area contributed by atoms with Gasteiger partial charge in [0, 0.05) is 12.6 Å². The summed E-state index contributed by atoms with van der Waals surface area (Å²) in [5.41, 5.74) is 2.34. The van der Waals surface area contributed by atoms with Crippen LogP contribution in [-0.4, -0.2) is 18.4 Å². The van der Waals surface area contributed by atoms with Gasteiger partial charge in [-0.3, -0.25) is 4.99 Å². The van der Waals surface area contributed by atoms with Crippen LogP contribution in [0.4, 0.5) is 11.4 Å². The van der Waals surface area contributed by atoms with Gasteiger partial charge in [-0.25, -0.2) is 0 Å². The van der Waals surface area contributed by atoms with Crippen LogP contribution in [0, 0.1) is 0 Å². The summed E-state index contributed by atoms with van der Waals surface area (Å²) in [7, 11) is 0. The third kappa shape index (κ3) is 1.00. The first-order valence-electron chi connectivity index (χ1n) is 4.57. The van der Waals surface area contributed by atoms with Crippen molar-refractivity contribution in [3.63, 3.8) is 0 Å². The van der Waals surface area contributed by atoms with E-state index >= 15 is 0 Å². The van der Waals surface area contributed by atoms with E-state index < -0.39 is 0 Å². The highest BCUT2D eigenvalue weighted by Gasteiger charge is 2.28. The number of hydrogen-bond donors (Lipinski definition) is 2. The Morgan fingerprint density at radius 3 is 2.77 bits per heavy atom. The molecule has 2 aliphatic heterocycles. The van der Waals surface area contributed by atoms with Crippen molar-refractivity contribution in [3.8, 4) is 0 Å². The Morgan fingerprint density at radius 2 is 1.92 bits per heavy atom. The quantitative estimate of drug-likeness (QED) is 0.626. The maximum absolute atomic E-state index is 4.36. The van der Waals surface area contributed by atoms with Gasteiger partial charge < -0.3 is 10.6 Å². The van der Waals surface area contributed by atoms with E-state index in [1.165, 1.54) is 5.69 Å². The van der Waals surface area contributed by atoms with E-state index in [4.69, 9.17) is 0 Å². The van der Waals surface area contributed by atoms with Crippen LogP contribution in [-0.2, 0) is 0 Å². The molecule has 3 nitrogen and oxygen atoms in total. The van der Waals surface area contributed by atoms with Gasteiger partial charge in [-0.05, 0) is 12.1 Å². The van der Waals surface area contributed by atoms with E-state index in [0.717, 1.165) is 12.1 Å². The molecule has 0 radical (unpaired) electrons. The summed E-state index contributed by atoms with van der Waals surface area (Å²) in [6.07, 6.45) is 3.24. The Labute approximate surface area is 76.9 Å². The highest BCUT2D eigenvalue weighted by atomic mass is 15.2. The molecule has 66 valence electrons. The number of aliphatic imine (C=N–C) groups is 1. The first kappa shape index (κ1) is 6.95. The number of nitrogens with zero attached hydrogens (tertiary/aromatic N) is 1. The highest BCUT2D eigenvalue weighted by molar-refractivity contribution is 5.75. The van der Waals surface area contributed by atoms with Gasteiger partial charge in [-0.15, -0.1) is 0 Å². The minimum Gasteiger partial charge on any atom is -0.376 e. The third-order valence-electron chi connectivity index (χ3n) is 2.58. The molecule has 2 atom stereocenters. The zero-order valence-corrected chi connectivity index (χ0v) is 7.20. The van der Waals surface area contributed by atoms with Crippen LogP contribution in [0.5, 0.6) is 0 Å². The Balaban J connectivity index is 2.00. The Kier molecular flexibility index (Phi) is 1.33. The fourth-order valence-corrected chi connectivity index (χ4v) is 1.89. The molecule has 2 aliphatic rings. The molecule has 0 saturated heterocycles. The molecule has 2 N–H and O–H groups in total. The van der Waals surface area contributed by atoms with Crippen LogP contribution in [0.1, 0.15) is 6.42 Å². The van der Waals surface area contributed by atoms with Gasteiger partial charge >= 0.3 is 0 Å². The second kappa shape index (κ2) is 2.49. The summed E-state index contributed by atoms with van der Waals surface area (Å²) in [6, 6.07) is 8.69. The normalized spacial score (nSPS) is 28.6. The van der Waals surface area contributed by atoms with E-state index in [2.05, 4.69) is 27.8 Å². The molecule has 1 aromatic carbocycles. The van der Waals surface area contributed by atoms with Gasteiger partial charge in [0.25, 0.3) is 0 Å². The van der Waals surface area contributed by atoms with Crippen molar-refractivity contribution in [1.29, 1.82) is 0 Å². The number of rotatable bonds is 0. The summed E-state index contributed by atoms with van der Waals surface area (Å²) in [6.45, 7) is 0. The van der Waals surface area contributed by atoms with Crippen LogP contribution in [0.3, 0.4) is 0 Å². The molecule has 1 aromatic rings. The predicted molar refractivity (Wildman–Crippen MR) is 54.4 cm³/mol. The lowest BCUT2D eigenvalue weighted by Crippen LogP contribution is -2.38. The van der Waals surface area contributed by atoms with Crippen molar-refractivity contribution in [2.24, 2.45) is 4.99 Å². The number of fused-ring (bicyclic) bond motifs is 2. The minimum absolute atomic E-state index is 0.231. The van der Waals surface area contributed by atoms with Gasteiger partial charge in [0.2, 0.25) is 0 Å². The number of hydrogen-bond acceptors (Lipinski definition) is 3. The average molecular weight is 173 g/mol. The third-order valence-corrected chi connectivity index (χ3v) is 2.58. The van der Waals surface area contributed by atoms with Gasteiger partial charge in [0.15, 0.2) is 0 Å². The van der Waals surface area contributed by atoms with E-state index in [1.54, 1.807) is 0 Å². The van der Waals surface area contributed by atoms with Crippen molar-refractivity contribution < 1.29 is 0 Å². The number of anilines is 2. The van der Waals surface area contributed by atoms with Crippen LogP contribution in [0.15, 0.2) is 29.3 Å². The van der Waals surface area contributed by atoms with Crippen LogP contribution < -0.4 is 10.6 Å². The second-order valence-electron chi connectivity index (χ2n) is 3.45. The van der Waals surface area contributed by atoms with Crippen LogP contribution in [0.2, 0.25) is 0 Å². The lowest BCUT2D eigenvalue weighted by molar-refractivity contribution is 0.655. The molecule has 0 amide bonds. The Bertz CT molecular complexity index is 359. The molecule has 0 bridgehead atoms. The van der Waals surface area contributed by atoms with E-state index in [-0.39, 0.29) is 6.17 Å². The van der Waals surface area contributed by atoms with E-state index in [0.29, 0.717) is 6.04 Å².